The number of nitrogens with one attached hydrogen (secondary N) is 6. The van der Waals surface area contributed by atoms with Gasteiger partial charge in [-0.15, -0.1) is 0 Å². The number of hydrogen-bond donors (Lipinski definition) is 8. The first-order chi connectivity index (χ1) is 27.0. The van der Waals surface area contributed by atoms with Crippen molar-refractivity contribution >= 4 is 41.4 Å². The minimum atomic E-state index is -1.56. The Labute approximate surface area is 330 Å². The highest BCUT2D eigenvalue weighted by molar-refractivity contribution is 5.98. The summed E-state index contributed by atoms with van der Waals surface area (Å²) >= 11 is 0. The van der Waals surface area contributed by atoms with Gasteiger partial charge < -0.3 is 47.0 Å². The molecule has 1 aliphatic carbocycles. The van der Waals surface area contributed by atoms with Gasteiger partial charge in [-0.25, -0.2) is 4.39 Å². The molecule has 1 unspecified atom stereocenters. The maximum Gasteiger partial charge on any atom is 0.251 e. The first-order valence-electron chi connectivity index (χ1n) is 19.4. The number of carbonyl (C=O) groups is 7. The number of fused-ring (bicyclic) bond motifs is 2. The van der Waals surface area contributed by atoms with E-state index in [0.717, 1.165) is 18.2 Å². The van der Waals surface area contributed by atoms with Gasteiger partial charge >= 0.3 is 0 Å². The SMILES string of the molecule is CC(C)C[C@@H]1NC(=O)[C@@H]2CCC[C@H]2NC(=O)[C@H](C)NC(=O)C2C[C@@H](NC(=O)c3ccc(F)c(O)c3)CN2C(=O)[C@H](Cc2ccccc2)NC(=O)[C@H]([C@@H](C)O)NC1=O. The van der Waals surface area contributed by atoms with Crippen molar-refractivity contribution in [2.75, 3.05) is 6.54 Å². The van der Waals surface area contributed by atoms with Gasteiger partial charge in [0.2, 0.25) is 35.4 Å². The number of benzene rings is 2. The van der Waals surface area contributed by atoms with Crippen LogP contribution in [0.2, 0.25) is 0 Å². The van der Waals surface area contributed by atoms with Gasteiger partial charge in [0.1, 0.15) is 30.2 Å². The zero-order valence-electron chi connectivity index (χ0n) is 32.4. The number of amides is 7. The Bertz CT molecular complexity index is 1840. The summed E-state index contributed by atoms with van der Waals surface area (Å²) in [5.74, 6) is -7.27. The van der Waals surface area contributed by atoms with Crippen LogP contribution in [0.3, 0.4) is 0 Å². The average Bonchev–Trinajstić information content (AvgIpc) is 3.81. The van der Waals surface area contributed by atoms with Gasteiger partial charge in [0, 0.05) is 30.6 Å². The number of nitrogens with zero attached hydrogens (tertiary/aromatic N) is 1. The standard InChI is InChI=1S/C40H52FN7O9/c1-20(2)15-29-37(54)47-33(22(4)49)39(56)46-30(16-23-9-6-5-7-10-23)40(57)48-19-25(43-35(52)24-13-14-27(41)32(50)17-24)18-31(48)38(55)42-21(3)34(51)44-28-12-8-11-26(28)36(53)45-29/h5-7,9-10,13-14,17,20-22,25-26,28-31,33,49-50H,8,11-12,15-16,18-19H2,1-4H3,(H,42,55)(H,43,52)(H,44,51)(H,45,53)(H,46,56)(H,47,54)/t21-,22+,25+,26+,28+,29-,30-,31?,33-/m0/s1. The molecule has 3 fully saturated rings. The van der Waals surface area contributed by atoms with Crippen molar-refractivity contribution in [3.8, 4) is 5.75 Å². The van der Waals surface area contributed by atoms with Crippen LogP contribution in [0.15, 0.2) is 48.5 Å². The van der Waals surface area contributed by atoms with Crippen LogP contribution >= 0.6 is 0 Å². The van der Waals surface area contributed by atoms with Crippen molar-refractivity contribution in [2.24, 2.45) is 11.8 Å². The summed E-state index contributed by atoms with van der Waals surface area (Å²) in [5, 5.41) is 36.9. The van der Waals surface area contributed by atoms with Crippen LogP contribution in [0.1, 0.15) is 75.7 Å². The molecular formula is C40H52FN7O9. The van der Waals surface area contributed by atoms with Crippen LogP contribution in [0, 0.1) is 17.7 Å². The summed E-state index contributed by atoms with van der Waals surface area (Å²) in [7, 11) is 0. The van der Waals surface area contributed by atoms with E-state index in [1.54, 1.807) is 30.3 Å². The maximum absolute atomic E-state index is 14.6. The lowest BCUT2D eigenvalue weighted by Crippen LogP contribution is -2.61. The first kappa shape index (κ1) is 42.6. The molecule has 7 amide bonds. The summed E-state index contributed by atoms with van der Waals surface area (Å²) < 4.78 is 13.7. The molecule has 16 nitrogen and oxygen atoms in total. The van der Waals surface area contributed by atoms with E-state index in [2.05, 4.69) is 31.9 Å². The third-order valence-electron chi connectivity index (χ3n) is 10.7. The highest BCUT2D eigenvalue weighted by Crippen LogP contribution is 2.27. The van der Waals surface area contributed by atoms with Gasteiger partial charge in [-0.1, -0.05) is 50.6 Å². The van der Waals surface area contributed by atoms with Crippen molar-refractivity contribution in [3.63, 3.8) is 0 Å². The predicted octanol–water partition coefficient (Wildman–Crippen LogP) is 0.158. The third-order valence-corrected chi connectivity index (χ3v) is 10.7. The fourth-order valence-corrected chi connectivity index (χ4v) is 7.64. The molecule has 8 N–H and O–H groups in total. The maximum atomic E-state index is 14.6. The van der Waals surface area contributed by atoms with Gasteiger partial charge in [-0.2, -0.15) is 0 Å². The Morgan fingerprint density at radius 1 is 0.860 bits per heavy atom. The molecule has 9 atom stereocenters. The smallest absolute Gasteiger partial charge is 0.251 e. The Morgan fingerprint density at radius 2 is 1.56 bits per heavy atom. The molecule has 0 radical (unpaired) electrons. The van der Waals surface area contributed by atoms with E-state index in [-0.39, 0.29) is 37.3 Å². The Hall–Kier alpha value is -5.58. The monoisotopic (exact) mass is 793 g/mol. The first-order valence-corrected chi connectivity index (χ1v) is 19.4. The summed E-state index contributed by atoms with van der Waals surface area (Å²) in [6.07, 6.45) is 0.0714. The number of aliphatic hydroxyl groups is 1. The minimum absolute atomic E-state index is 0.0669. The van der Waals surface area contributed by atoms with Crippen LogP contribution < -0.4 is 31.9 Å². The lowest BCUT2D eigenvalue weighted by atomic mass is 9.98. The second kappa shape index (κ2) is 18.6. The minimum Gasteiger partial charge on any atom is -0.505 e. The highest BCUT2D eigenvalue weighted by Gasteiger charge is 2.45. The van der Waals surface area contributed by atoms with Crippen molar-refractivity contribution in [1.29, 1.82) is 0 Å². The molecule has 17 heteroatoms. The van der Waals surface area contributed by atoms with Gasteiger partial charge in [0.25, 0.3) is 5.91 Å². The summed E-state index contributed by atoms with van der Waals surface area (Å²) in [6, 6.07) is 3.87. The number of aliphatic hydroxyl groups excluding tert-OH is 1. The fraction of sp³-hybridized carbons (Fsp3) is 0.525. The van der Waals surface area contributed by atoms with Gasteiger partial charge in [-0.05, 0) is 69.2 Å². The molecule has 308 valence electrons. The van der Waals surface area contributed by atoms with E-state index in [1.807, 2.05) is 13.8 Å². The molecule has 1 saturated carbocycles. The van der Waals surface area contributed by atoms with E-state index < -0.39 is 107 Å². The fourth-order valence-electron chi connectivity index (χ4n) is 7.64. The number of carbonyl (C=O) groups excluding carboxylic acids is 7. The predicted molar refractivity (Wildman–Crippen MR) is 203 cm³/mol. The Balaban J connectivity index is 1.51. The van der Waals surface area contributed by atoms with Crippen molar-refractivity contribution < 1.29 is 48.2 Å². The zero-order valence-corrected chi connectivity index (χ0v) is 32.4. The van der Waals surface area contributed by atoms with Crippen molar-refractivity contribution in [2.45, 2.75) is 115 Å². The highest BCUT2D eigenvalue weighted by atomic mass is 19.1. The molecule has 0 aromatic heterocycles. The second-order valence-corrected chi connectivity index (χ2v) is 15.6. The van der Waals surface area contributed by atoms with Gasteiger partial charge in [-0.3, -0.25) is 33.6 Å². The normalized spacial score (nSPS) is 28.4. The summed E-state index contributed by atoms with van der Waals surface area (Å²) in [5.41, 5.74) is 0.553. The summed E-state index contributed by atoms with van der Waals surface area (Å²) in [4.78, 5) is 98.0. The molecule has 0 bridgehead atoms. The number of phenolic OH excluding ortho intramolecular Hbond substituents is 1. The molecule has 0 spiro atoms. The number of aromatic hydroxyl groups is 1. The molecule has 57 heavy (non-hydrogen) atoms. The van der Waals surface area contributed by atoms with Gasteiger partial charge in [0.15, 0.2) is 11.6 Å². The van der Waals surface area contributed by atoms with Gasteiger partial charge in [0.05, 0.1) is 12.0 Å². The number of rotatable bonds is 7. The molecule has 2 aliphatic heterocycles. The average molecular weight is 794 g/mol. The van der Waals surface area contributed by atoms with E-state index in [4.69, 9.17) is 0 Å². The molecule has 2 heterocycles. The zero-order chi connectivity index (χ0) is 41.6. The molecule has 2 aromatic rings. The van der Waals surface area contributed by atoms with Crippen molar-refractivity contribution in [3.05, 3.63) is 65.5 Å². The molecular weight excluding hydrogens is 741 g/mol. The van der Waals surface area contributed by atoms with Crippen LogP contribution in [0.5, 0.6) is 5.75 Å². The Kier molecular flexibility index (Phi) is 13.9. The van der Waals surface area contributed by atoms with E-state index in [1.165, 1.54) is 18.7 Å². The molecule has 5 rings (SSSR count). The van der Waals surface area contributed by atoms with Crippen LogP contribution in [0.25, 0.3) is 0 Å². The van der Waals surface area contributed by atoms with E-state index in [9.17, 15) is 48.2 Å². The van der Waals surface area contributed by atoms with E-state index in [0.29, 0.717) is 24.8 Å². The van der Waals surface area contributed by atoms with Crippen LogP contribution in [-0.2, 0) is 35.2 Å². The number of halogens is 1. The quantitative estimate of drug-likeness (QED) is 0.190. The van der Waals surface area contributed by atoms with Crippen LogP contribution in [0.4, 0.5) is 4.39 Å². The largest absolute Gasteiger partial charge is 0.505 e. The second-order valence-electron chi connectivity index (χ2n) is 15.6. The Morgan fingerprint density at radius 3 is 2.23 bits per heavy atom. The molecule has 2 aromatic carbocycles. The number of phenols is 1. The topological polar surface area (TPSA) is 235 Å². The van der Waals surface area contributed by atoms with Crippen LogP contribution in [-0.4, -0.2) is 111 Å². The third kappa shape index (κ3) is 10.6. The van der Waals surface area contributed by atoms with E-state index >= 15 is 0 Å². The number of hydrogen-bond acceptors (Lipinski definition) is 9. The summed E-state index contributed by atoms with van der Waals surface area (Å²) in [6.45, 7) is 6.25. The van der Waals surface area contributed by atoms with Crippen molar-refractivity contribution in [1.82, 2.24) is 36.8 Å². The molecule has 3 aliphatic rings. The lowest BCUT2D eigenvalue weighted by Gasteiger charge is -2.31. The lowest BCUT2D eigenvalue weighted by molar-refractivity contribution is -0.143. The molecule has 2 saturated heterocycles.